The second-order valence-electron chi connectivity index (χ2n) is 6.39. The number of fused-ring (bicyclic) bond motifs is 3. The number of rotatable bonds is 3. The topological polar surface area (TPSA) is 54.7 Å². The molecule has 1 aliphatic rings. The summed E-state index contributed by atoms with van der Waals surface area (Å²) >= 11 is 0. The Morgan fingerprint density at radius 2 is 1.77 bits per heavy atom. The summed E-state index contributed by atoms with van der Waals surface area (Å²) in [5, 5.41) is 9.09. The normalized spacial score (nSPS) is 14.8. The number of morpholine rings is 1. The molecular formula is C20H19N5O. The minimum atomic E-state index is 0.581. The zero-order valence-electron chi connectivity index (χ0n) is 14.3. The van der Waals surface area contributed by atoms with Crippen LogP contribution in [-0.4, -0.2) is 40.9 Å². The van der Waals surface area contributed by atoms with Gasteiger partial charge >= 0.3 is 0 Å². The molecule has 0 saturated carbocycles. The van der Waals surface area contributed by atoms with E-state index in [4.69, 9.17) is 4.74 Å². The molecule has 6 heteroatoms. The first-order chi connectivity index (χ1) is 12.9. The fourth-order valence-electron chi connectivity index (χ4n) is 3.38. The molecule has 4 aromatic rings. The monoisotopic (exact) mass is 345 g/mol. The van der Waals surface area contributed by atoms with Crippen molar-refractivity contribution in [2.75, 3.05) is 36.5 Å². The van der Waals surface area contributed by atoms with E-state index in [1.807, 2.05) is 22.8 Å². The summed E-state index contributed by atoms with van der Waals surface area (Å²) in [6, 6.07) is 18.7. The molecule has 0 bridgehead atoms. The van der Waals surface area contributed by atoms with Crippen LogP contribution in [0.1, 0.15) is 0 Å². The van der Waals surface area contributed by atoms with E-state index < -0.39 is 0 Å². The van der Waals surface area contributed by atoms with Crippen molar-refractivity contribution in [1.82, 2.24) is 14.6 Å². The first-order valence-corrected chi connectivity index (χ1v) is 8.80. The maximum absolute atomic E-state index is 5.41. The van der Waals surface area contributed by atoms with Crippen molar-refractivity contribution in [3.05, 3.63) is 60.8 Å². The number of para-hydroxylation sites is 1. The van der Waals surface area contributed by atoms with Crippen molar-refractivity contribution < 1.29 is 4.74 Å². The van der Waals surface area contributed by atoms with Gasteiger partial charge in [-0.15, -0.1) is 5.10 Å². The number of aromatic nitrogens is 3. The largest absolute Gasteiger partial charge is 0.378 e. The molecule has 0 aliphatic carbocycles. The van der Waals surface area contributed by atoms with Gasteiger partial charge in [-0.1, -0.05) is 18.2 Å². The first-order valence-electron chi connectivity index (χ1n) is 8.80. The molecular weight excluding hydrogens is 326 g/mol. The number of nitrogens with one attached hydrogen (secondary N) is 1. The Hall–Kier alpha value is -3.12. The molecule has 0 amide bonds. The fourth-order valence-corrected chi connectivity index (χ4v) is 3.38. The van der Waals surface area contributed by atoms with Crippen LogP contribution in [0, 0.1) is 0 Å². The Morgan fingerprint density at radius 3 is 2.62 bits per heavy atom. The summed E-state index contributed by atoms with van der Waals surface area (Å²) in [6.45, 7) is 3.46. The second-order valence-corrected chi connectivity index (χ2v) is 6.39. The highest BCUT2D eigenvalue weighted by Gasteiger charge is 2.11. The molecule has 2 aromatic heterocycles. The summed E-state index contributed by atoms with van der Waals surface area (Å²) in [5.41, 5.74) is 4.25. The van der Waals surface area contributed by atoms with Crippen molar-refractivity contribution in [2.24, 2.45) is 0 Å². The summed E-state index contributed by atoms with van der Waals surface area (Å²) in [6.07, 6.45) is 1.84. The van der Waals surface area contributed by atoms with E-state index in [1.54, 1.807) is 0 Å². The third kappa shape index (κ3) is 2.74. The second kappa shape index (κ2) is 6.31. The number of benzene rings is 2. The molecule has 26 heavy (non-hydrogen) atoms. The number of anilines is 3. The average Bonchev–Trinajstić information content (AvgIpc) is 3.07. The quantitative estimate of drug-likeness (QED) is 0.616. The SMILES string of the molecule is c1ccc2c(c1)cc1cnc(Nc3ccc(N4CCOCC4)cc3)nn12. The van der Waals surface area contributed by atoms with Gasteiger partial charge in [-0.3, -0.25) is 0 Å². The average molecular weight is 345 g/mol. The number of nitrogens with zero attached hydrogens (tertiary/aromatic N) is 4. The van der Waals surface area contributed by atoms with Crippen LogP contribution in [-0.2, 0) is 4.74 Å². The van der Waals surface area contributed by atoms with Crippen LogP contribution in [0.15, 0.2) is 60.8 Å². The summed E-state index contributed by atoms with van der Waals surface area (Å²) in [5.74, 6) is 0.581. The number of ether oxygens (including phenoxy) is 1. The minimum Gasteiger partial charge on any atom is -0.378 e. The molecule has 1 fully saturated rings. The van der Waals surface area contributed by atoms with Crippen LogP contribution >= 0.6 is 0 Å². The molecule has 6 nitrogen and oxygen atoms in total. The molecule has 5 rings (SSSR count). The lowest BCUT2D eigenvalue weighted by Gasteiger charge is -2.28. The van der Waals surface area contributed by atoms with E-state index in [0.717, 1.165) is 48.4 Å². The van der Waals surface area contributed by atoms with Crippen LogP contribution in [0.4, 0.5) is 17.3 Å². The fraction of sp³-hybridized carbons (Fsp3) is 0.200. The van der Waals surface area contributed by atoms with Crippen molar-refractivity contribution >= 4 is 33.7 Å². The lowest BCUT2D eigenvalue weighted by molar-refractivity contribution is 0.122. The van der Waals surface area contributed by atoms with E-state index >= 15 is 0 Å². The smallest absolute Gasteiger partial charge is 0.245 e. The number of hydrogen-bond acceptors (Lipinski definition) is 5. The van der Waals surface area contributed by atoms with Crippen LogP contribution in [0.2, 0.25) is 0 Å². The van der Waals surface area contributed by atoms with Gasteiger partial charge < -0.3 is 15.0 Å². The highest BCUT2D eigenvalue weighted by molar-refractivity contribution is 5.86. The van der Waals surface area contributed by atoms with Crippen molar-refractivity contribution in [2.45, 2.75) is 0 Å². The van der Waals surface area contributed by atoms with Crippen LogP contribution < -0.4 is 10.2 Å². The minimum absolute atomic E-state index is 0.581. The molecule has 3 heterocycles. The Balaban J connectivity index is 1.41. The molecule has 0 radical (unpaired) electrons. The molecule has 1 saturated heterocycles. The van der Waals surface area contributed by atoms with Gasteiger partial charge in [0.15, 0.2) is 0 Å². The van der Waals surface area contributed by atoms with Crippen LogP contribution in [0.25, 0.3) is 16.4 Å². The van der Waals surface area contributed by atoms with Gasteiger partial charge in [0.25, 0.3) is 0 Å². The lowest BCUT2D eigenvalue weighted by atomic mass is 10.2. The Labute approximate surface area is 151 Å². The van der Waals surface area contributed by atoms with Crippen molar-refractivity contribution in [3.63, 3.8) is 0 Å². The lowest BCUT2D eigenvalue weighted by Crippen LogP contribution is -2.36. The predicted molar refractivity (Wildman–Crippen MR) is 103 cm³/mol. The van der Waals surface area contributed by atoms with Gasteiger partial charge in [-0.25, -0.2) is 9.50 Å². The van der Waals surface area contributed by atoms with Crippen molar-refractivity contribution in [3.8, 4) is 0 Å². The van der Waals surface area contributed by atoms with Gasteiger partial charge in [0.2, 0.25) is 5.95 Å². The Bertz CT molecular complexity index is 1050. The third-order valence-corrected chi connectivity index (χ3v) is 4.73. The third-order valence-electron chi connectivity index (χ3n) is 4.73. The highest BCUT2D eigenvalue weighted by atomic mass is 16.5. The molecule has 2 aromatic carbocycles. The summed E-state index contributed by atoms with van der Waals surface area (Å²) in [7, 11) is 0. The van der Waals surface area contributed by atoms with Gasteiger partial charge in [0.1, 0.15) is 0 Å². The Morgan fingerprint density at radius 1 is 0.962 bits per heavy atom. The van der Waals surface area contributed by atoms with Gasteiger partial charge in [0, 0.05) is 29.9 Å². The van der Waals surface area contributed by atoms with Crippen LogP contribution in [0.5, 0.6) is 0 Å². The standard InChI is InChI=1S/C20H19N5O/c1-2-4-19-15(3-1)13-18-14-21-20(23-25(18)19)22-16-5-7-17(8-6-16)24-9-11-26-12-10-24/h1-8,13-14H,9-12H2,(H,22,23). The van der Waals surface area contributed by atoms with E-state index in [0.29, 0.717) is 5.95 Å². The van der Waals surface area contributed by atoms with E-state index in [9.17, 15) is 0 Å². The van der Waals surface area contributed by atoms with E-state index in [-0.39, 0.29) is 0 Å². The van der Waals surface area contributed by atoms with Crippen LogP contribution in [0.3, 0.4) is 0 Å². The maximum atomic E-state index is 5.41. The highest BCUT2D eigenvalue weighted by Crippen LogP contribution is 2.22. The first kappa shape index (κ1) is 15.2. The Kier molecular flexibility index (Phi) is 3.68. The molecule has 0 unspecified atom stereocenters. The summed E-state index contributed by atoms with van der Waals surface area (Å²) < 4.78 is 7.33. The van der Waals surface area contributed by atoms with E-state index in [1.165, 1.54) is 5.69 Å². The number of hydrogen-bond donors (Lipinski definition) is 1. The zero-order chi connectivity index (χ0) is 17.3. The maximum Gasteiger partial charge on any atom is 0.245 e. The molecule has 0 atom stereocenters. The van der Waals surface area contributed by atoms with Gasteiger partial charge in [-0.2, -0.15) is 0 Å². The molecule has 1 aliphatic heterocycles. The molecule has 1 N–H and O–H groups in total. The molecule has 130 valence electrons. The summed E-state index contributed by atoms with van der Waals surface area (Å²) in [4.78, 5) is 6.77. The predicted octanol–water partition coefficient (Wildman–Crippen LogP) is 3.46. The van der Waals surface area contributed by atoms with Gasteiger partial charge in [-0.05, 0) is 36.4 Å². The molecule has 0 spiro atoms. The van der Waals surface area contributed by atoms with E-state index in [2.05, 4.69) is 62.8 Å². The van der Waals surface area contributed by atoms with Crippen molar-refractivity contribution in [1.29, 1.82) is 0 Å². The zero-order valence-corrected chi connectivity index (χ0v) is 14.3. The van der Waals surface area contributed by atoms with Gasteiger partial charge in [0.05, 0.1) is 30.4 Å².